The van der Waals surface area contributed by atoms with Gasteiger partial charge < -0.3 is 24.3 Å². The number of aromatic nitrogens is 2. The van der Waals surface area contributed by atoms with Crippen LogP contribution in [0.25, 0.3) is 10.9 Å². The van der Waals surface area contributed by atoms with E-state index in [1.165, 1.54) is 13.4 Å². The van der Waals surface area contributed by atoms with E-state index in [2.05, 4.69) is 15.3 Å². The Labute approximate surface area is 197 Å². The van der Waals surface area contributed by atoms with Crippen LogP contribution in [-0.2, 0) is 9.47 Å². The smallest absolute Gasteiger partial charge is 0.164 e. The van der Waals surface area contributed by atoms with Crippen LogP contribution in [0.3, 0.4) is 0 Å². The van der Waals surface area contributed by atoms with E-state index in [1.807, 2.05) is 0 Å². The van der Waals surface area contributed by atoms with Gasteiger partial charge in [-0.15, -0.1) is 0 Å². The fourth-order valence-corrected chi connectivity index (χ4v) is 4.43. The highest BCUT2D eigenvalue weighted by atomic mass is 35.5. The second-order valence-corrected chi connectivity index (χ2v) is 8.52. The minimum Gasteiger partial charge on any atom is -0.493 e. The number of anilines is 2. The maximum absolute atomic E-state index is 13.9. The van der Waals surface area contributed by atoms with Crippen LogP contribution in [0.2, 0.25) is 15.1 Å². The van der Waals surface area contributed by atoms with Crippen molar-refractivity contribution in [1.82, 2.24) is 9.97 Å². The zero-order valence-electron chi connectivity index (χ0n) is 16.6. The van der Waals surface area contributed by atoms with E-state index >= 15 is 0 Å². The first kappa shape index (κ1) is 21.7. The molecule has 32 heavy (non-hydrogen) atoms. The monoisotopic (exact) mass is 499 g/mol. The van der Waals surface area contributed by atoms with Gasteiger partial charge in [-0.05, 0) is 18.2 Å². The van der Waals surface area contributed by atoms with E-state index < -0.39 is 24.5 Å². The largest absolute Gasteiger partial charge is 0.493 e. The molecule has 0 spiro atoms. The standard InChI is InChI=1S/C21H17Cl3FN3O4/c1-29-14-4-9-13(5-15(14)32-16-7-31-19-11(25)6-30-20(16)19)26-8-27-21(9)28-12-3-2-10(22)17(23)18(12)24/h2-5,8,11,16,19-20H,6-7H2,1H3,(H,26,27,28)/t11-,16-,19+,20?/m1/s1. The van der Waals surface area contributed by atoms with Crippen LogP contribution in [0.5, 0.6) is 11.5 Å². The van der Waals surface area contributed by atoms with Gasteiger partial charge in [0.1, 0.15) is 24.4 Å². The van der Waals surface area contributed by atoms with Crippen LogP contribution in [0.1, 0.15) is 0 Å². The molecule has 2 aliphatic rings. The van der Waals surface area contributed by atoms with Crippen LogP contribution in [0, 0.1) is 0 Å². The lowest BCUT2D eigenvalue weighted by Gasteiger charge is -2.20. The first-order valence-corrected chi connectivity index (χ1v) is 10.9. The van der Waals surface area contributed by atoms with E-state index in [4.69, 9.17) is 53.8 Å². The molecule has 11 heteroatoms. The third-order valence-electron chi connectivity index (χ3n) is 5.43. The molecular weight excluding hydrogens is 484 g/mol. The number of fused-ring (bicyclic) bond motifs is 2. The first-order chi connectivity index (χ1) is 15.5. The molecule has 1 unspecified atom stereocenters. The Balaban J connectivity index is 1.47. The van der Waals surface area contributed by atoms with E-state index in [0.717, 1.165) is 0 Å². The van der Waals surface area contributed by atoms with Crippen molar-refractivity contribution in [2.75, 3.05) is 25.6 Å². The quantitative estimate of drug-likeness (QED) is 0.481. The average Bonchev–Trinajstić information content (AvgIpc) is 3.37. The predicted molar refractivity (Wildman–Crippen MR) is 120 cm³/mol. The Hall–Kier alpha value is -2.10. The number of benzene rings is 2. The van der Waals surface area contributed by atoms with Gasteiger partial charge in [-0.2, -0.15) is 0 Å². The van der Waals surface area contributed by atoms with Gasteiger partial charge in [0, 0.05) is 11.5 Å². The molecule has 5 rings (SSSR count). The van der Waals surface area contributed by atoms with Gasteiger partial charge in [-0.25, -0.2) is 14.4 Å². The molecule has 1 aromatic heterocycles. The number of nitrogens with one attached hydrogen (secondary N) is 1. The molecule has 0 bridgehead atoms. The summed E-state index contributed by atoms with van der Waals surface area (Å²) in [5.74, 6) is 1.38. The minimum atomic E-state index is -1.15. The van der Waals surface area contributed by atoms with Crippen LogP contribution >= 0.6 is 34.8 Å². The zero-order valence-corrected chi connectivity index (χ0v) is 18.9. The average molecular weight is 501 g/mol. The summed E-state index contributed by atoms with van der Waals surface area (Å²) in [5, 5.41) is 4.69. The summed E-state index contributed by atoms with van der Waals surface area (Å²) in [6, 6.07) is 6.82. The Bertz CT molecular complexity index is 1180. The third kappa shape index (κ3) is 3.80. The maximum atomic E-state index is 13.9. The molecule has 0 radical (unpaired) electrons. The van der Waals surface area contributed by atoms with Gasteiger partial charge in [0.2, 0.25) is 0 Å². The molecule has 2 fully saturated rings. The van der Waals surface area contributed by atoms with Gasteiger partial charge in [0.15, 0.2) is 23.8 Å². The second-order valence-electron chi connectivity index (χ2n) is 7.36. The molecule has 2 saturated heterocycles. The molecule has 0 aliphatic carbocycles. The molecule has 4 atom stereocenters. The summed E-state index contributed by atoms with van der Waals surface area (Å²) < 4.78 is 36.5. The molecular formula is C21H17Cl3FN3O4. The molecule has 3 heterocycles. The molecule has 0 saturated carbocycles. The number of hydrogen-bond donors (Lipinski definition) is 1. The highest BCUT2D eigenvalue weighted by Gasteiger charge is 2.49. The lowest BCUT2D eigenvalue weighted by molar-refractivity contribution is 0.0271. The molecule has 2 aliphatic heterocycles. The van der Waals surface area contributed by atoms with Crippen molar-refractivity contribution in [1.29, 1.82) is 0 Å². The fraction of sp³-hybridized carbons (Fsp3) is 0.333. The molecule has 7 nitrogen and oxygen atoms in total. The van der Waals surface area contributed by atoms with Gasteiger partial charge in [0.05, 0.1) is 46.6 Å². The van der Waals surface area contributed by atoms with Crippen molar-refractivity contribution in [2.45, 2.75) is 24.5 Å². The van der Waals surface area contributed by atoms with Crippen molar-refractivity contribution in [3.8, 4) is 11.5 Å². The number of ether oxygens (including phenoxy) is 4. The van der Waals surface area contributed by atoms with Crippen molar-refractivity contribution >= 4 is 57.2 Å². The first-order valence-electron chi connectivity index (χ1n) is 9.73. The number of hydrogen-bond acceptors (Lipinski definition) is 7. The van der Waals surface area contributed by atoms with Crippen molar-refractivity contribution in [3.05, 3.63) is 45.7 Å². The number of methoxy groups -OCH3 is 1. The van der Waals surface area contributed by atoms with Crippen LogP contribution in [0.4, 0.5) is 15.9 Å². The summed E-state index contributed by atoms with van der Waals surface area (Å²) in [6.45, 7) is 0.229. The Kier molecular flexibility index (Phi) is 5.90. The summed E-state index contributed by atoms with van der Waals surface area (Å²) in [7, 11) is 1.53. The Morgan fingerprint density at radius 3 is 2.66 bits per heavy atom. The minimum absolute atomic E-state index is 0.00355. The fourth-order valence-electron chi connectivity index (χ4n) is 3.85. The summed E-state index contributed by atoms with van der Waals surface area (Å²) in [4.78, 5) is 8.66. The van der Waals surface area contributed by atoms with Gasteiger partial charge in [-0.1, -0.05) is 34.8 Å². The van der Waals surface area contributed by atoms with E-state index in [1.54, 1.807) is 24.3 Å². The van der Waals surface area contributed by atoms with E-state index in [-0.39, 0.29) is 23.3 Å². The molecule has 168 valence electrons. The number of alkyl halides is 1. The van der Waals surface area contributed by atoms with E-state index in [9.17, 15) is 4.39 Å². The summed E-state index contributed by atoms with van der Waals surface area (Å²) in [6.07, 6.45) is -1.27. The summed E-state index contributed by atoms with van der Waals surface area (Å²) >= 11 is 18.5. The highest BCUT2D eigenvalue weighted by Crippen LogP contribution is 2.40. The molecule has 2 aromatic carbocycles. The Morgan fingerprint density at radius 1 is 1.03 bits per heavy atom. The highest BCUT2D eigenvalue weighted by molar-refractivity contribution is 6.49. The normalized spacial score (nSPS) is 24.5. The lowest BCUT2D eigenvalue weighted by Crippen LogP contribution is -2.33. The topological polar surface area (TPSA) is 74.7 Å². The molecule has 3 aromatic rings. The van der Waals surface area contributed by atoms with Crippen molar-refractivity contribution in [3.63, 3.8) is 0 Å². The van der Waals surface area contributed by atoms with Crippen LogP contribution in [0.15, 0.2) is 30.6 Å². The third-order valence-corrected chi connectivity index (χ3v) is 6.73. The lowest BCUT2D eigenvalue weighted by atomic mass is 10.1. The second kappa shape index (κ2) is 8.68. The number of rotatable bonds is 5. The zero-order chi connectivity index (χ0) is 22.4. The SMILES string of the molecule is COc1cc2c(Nc3ccc(Cl)c(Cl)c3Cl)ncnc2cc1O[C@@H]1CO[C@@H]2C1OC[C@H]2F. The molecule has 1 N–H and O–H groups in total. The van der Waals surface area contributed by atoms with Crippen molar-refractivity contribution in [2.24, 2.45) is 0 Å². The van der Waals surface area contributed by atoms with Gasteiger partial charge >= 0.3 is 0 Å². The van der Waals surface area contributed by atoms with Crippen LogP contribution < -0.4 is 14.8 Å². The number of nitrogens with zero attached hydrogens (tertiary/aromatic N) is 2. The van der Waals surface area contributed by atoms with Crippen LogP contribution in [-0.4, -0.2) is 54.8 Å². The van der Waals surface area contributed by atoms with Gasteiger partial charge in [-0.3, -0.25) is 0 Å². The van der Waals surface area contributed by atoms with Gasteiger partial charge in [0.25, 0.3) is 0 Å². The Morgan fingerprint density at radius 2 is 1.84 bits per heavy atom. The summed E-state index contributed by atoms with van der Waals surface area (Å²) in [5.41, 5.74) is 1.13. The molecule has 0 amide bonds. The number of halogens is 4. The maximum Gasteiger partial charge on any atom is 0.164 e. The van der Waals surface area contributed by atoms with E-state index in [0.29, 0.717) is 38.9 Å². The predicted octanol–water partition coefficient (Wildman–Crippen LogP) is 5.23. The van der Waals surface area contributed by atoms with Crippen molar-refractivity contribution < 1.29 is 23.3 Å².